The molecule has 0 bridgehead atoms. The van der Waals surface area contributed by atoms with Crippen molar-refractivity contribution in [1.82, 2.24) is 4.90 Å². The normalized spacial score (nSPS) is 11.6. The molecule has 0 spiro atoms. The Hall–Kier alpha value is -1.22. The minimum atomic E-state index is 0.598. The minimum absolute atomic E-state index is 0.598. The number of halogens is 1. The largest absolute Gasteiger partial charge is 0.370 e. The minimum Gasteiger partial charge on any atom is -0.370 e. The van der Waals surface area contributed by atoms with Crippen molar-refractivity contribution in [2.24, 2.45) is 10.7 Å². The highest BCUT2D eigenvalue weighted by Gasteiger charge is 2.02. The van der Waals surface area contributed by atoms with Gasteiger partial charge in [-0.2, -0.15) is 0 Å². The standard InChI is InChI=1S/C13H20ClN3/c1-4-17(5-2)13(15)16-9-11-6-7-12(14)10(3)8-11/h6-8H,4-5,9H2,1-3H3,(H2,15,16). The number of aryl methyl sites for hydroxylation is 1. The second-order valence-corrected chi connectivity index (χ2v) is 4.34. The van der Waals surface area contributed by atoms with E-state index in [9.17, 15) is 0 Å². The summed E-state index contributed by atoms with van der Waals surface area (Å²) in [6.45, 7) is 8.48. The molecule has 1 aromatic rings. The molecule has 0 amide bonds. The first-order chi connectivity index (χ1) is 8.08. The summed E-state index contributed by atoms with van der Waals surface area (Å²) in [5, 5.41) is 0.787. The zero-order valence-corrected chi connectivity index (χ0v) is 11.5. The molecular weight excluding hydrogens is 234 g/mol. The molecule has 0 saturated heterocycles. The molecular formula is C13H20ClN3. The van der Waals surface area contributed by atoms with Gasteiger partial charge in [0.15, 0.2) is 5.96 Å². The Morgan fingerprint density at radius 3 is 2.53 bits per heavy atom. The summed E-state index contributed by atoms with van der Waals surface area (Å²) in [4.78, 5) is 6.41. The second-order valence-electron chi connectivity index (χ2n) is 3.93. The number of nitrogens with two attached hydrogens (primary N) is 1. The Morgan fingerprint density at radius 1 is 1.35 bits per heavy atom. The van der Waals surface area contributed by atoms with Crippen LogP contribution in [0.3, 0.4) is 0 Å². The van der Waals surface area contributed by atoms with Gasteiger partial charge in [0.1, 0.15) is 0 Å². The molecule has 0 atom stereocenters. The molecule has 4 heteroatoms. The molecule has 0 aliphatic carbocycles. The lowest BCUT2D eigenvalue weighted by Gasteiger charge is -2.19. The van der Waals surface area contributed by atoms with E-state index in [0.717, 1.165) is 29.2 Å². The number of hydrogen-bond acceptors (Lipinski definition) is 1. The molecule has 1 aromatic carbocycles. The lowest BCUT2D eigenvalue weighted by molar-refractivity contribution is 0.458. The van der Waals surface area contributed by atoms with Crippen LogP contribution < -0.4 is 5.73 Å². The van der Waals surface area contributed by atoms with Gasteiger partial charge in [0.2, 0.25) is 0 Å². The maximum atomic E-state index is 5.97. The third-order valence-electron chi connectivity index (χ3n) is 2.73. The van der Waals surface area contributed by atoms with Crippen molar-refractivity contribution in [3.05, 3.63) is 34.3 Å². The van der Waals surface area contributed by atoms with Gasteiger partial charge in [-0.15, -0.1) is 0 Å². The van der Waals surface area contributed by atoms with Crippen LogP contribution in [0.25, 0.3) is 0 Å². The second kappa shape index (κ2) is 6.50. The third kappa shape index (κ3) is 3.93. The van der Waals surface area contributed by atoms with Crippen molar-refractivity contribution >= 4 is 17.6 Å². The Morgan fingerprint density at radius 2 is 2.00 bits per heavy atom. The number of aliphatic imine (C=N–C) groups is 1. The Balaban J connectivity index is 2.71. The van der Waals surface area contributed by atoms with Crippen molar-refractivity contribution in [2.45, 2.75) is 27.3 Å². The number of nitrogens with zero attached hydrogens (tertiary/aromatic N) is 2. The number of rotatable bonds is 4. The average Bonchev–Trinajstić information content (AvgIpc) is 2.32. The highest BCUT2D eigenvalue weighted by atomic mass is 35.5. The highest BCUT2D eigenvalue weighted by Crippen LogP contribution is 2.16. The molecule has 1 rings (SSSR count). The third-order valence-corrected chi connectivity index (χ3v) is 3.16. The molecule has 3 nitrogen and oxygen atoms in total. The quantitative estimate of drug-likeness (QED) is 0.662. The van der Waals surface area contributed by atoms with Crippen LogP contribution in [0.5, 0.6) is 0 Å². The van der Waals surface area contributed by atoms with Crippen molar-refractivity contribution < 1.29 is 0 Å². The predicted octanol–water partition coefficient (Wildman–Crippen LogP) is 2.80. The summed E-state index contributed by atoms with van der Waals surface area (Å²) in [5.74, 6) is 0.600. The van der Waals surface area contributed by atoms with Crippen LogP contribution in [0.4, 0.5) is 0 Å². The lowest BCUT2D eigenvalue weighted by atomic mass is 10.1. The molecule has 0 unspecified atom stereocenters. The van der Waals surface area contributed by atoms with Gasteiger partial charge in [-0.3, -0.25) is 0 Å². The summed E-state index contributed by atoms with van der Waals surface area (Å²) < 4.78 is 0. The molecule has 0 aliphatic rings. The summed E-state index contributed by atoms with van der Waals surface area (Å²) >= 11 is 5.97. The van der Waals surface area contributed by atoms with E-state index in [0.29, 0.717) is 12.5 Å². The SMILES string of the molecule is CCN(CC)C(N)=NCc1ccc(Cl)c(C)c1. The molecule has 0 heterocycles. The van der Waals surface area contributed by atoms with E-state index in [1.807, 2.05) is 30.0 Å². The summed E-state index contributed by atoms with van der Waals surface area (Å²) in [7, 11) is 0. The van der Waals surface area contributed by atoms with E-state index >= 15 is 0 Å². The Kier molecular flexibility index (Phi) is 5.29. The highest BCUT2D eigenvalue weighted by molar-refractivity contribution is 6.31. The zero-order valence-electron chi connectivity index (χ0n) is 10.7. The molecule has 0 aromatic heterocycles. The van der Waals surface area contributed by atoms with Crippen LogP contribution in [0.15, 0.2) is 23.2 Å². The van der Waals surface area contributed by atoms with Gasteiger partial charge in [-0.25, -0.2) is 4.99 Å². The summed E-state index contributed by atoms with van der Waals surface area (Å²) in [6, 6.07) is 5.92. The van der Waals surface area contributed by atoms with Crippen LogP contribution in [0, 0.1) is 6.92 Å². The molecule has 0 aliphatic heterocycles. The number of hydrogen-bond donors (Lipinski definition) is 1. The van der Waals surface area contributed by atoms with E-state index in [1.165, 1.54) is 0 Å². The lowest BCUT2D eigenvalue weighted by Crippen LogP contribution is -2.37. The molecule has 0 radical (unpaired) electrons. The first-order valence-corrected chi connectivity index (χ1v) is 6.26. The van der Waals surface area contributed by atoms with Crippen molar-refractivity contribution in [3.63, 3.8) is 0 Å². The molecule has 17 heavy (non-hydrogen) atoms. The smallest absolute Gasteiger partial charge is 0.191 e. The fraction of sp³-hybridized carbons (Fsp3) is 0.462. The van der Waals surface area contributed by atoms with Gasteiger partial charge in [-0.05, 0) is 38.0 Å². The summed E-state index contributed by atoms with van der Waals surface area (Å²) in [6.07, 6.45) is 0. The van der Waals surface area contributed by atoms with E-state index in [1.54, 1.807) is 0 Å². The summed E-state index contributed by atoms with van der Waals surface area (Å²) in [5.41, 5.74) is 8.10. The number of guanidine groups is 1. The fourth-order valence-electron chi connectivity index (χ4n) is 1.63. The van der Waals surface area contributed by atoms with Gasteiger partial charge >= 0.3 is 0 Å². The van der Waals surface area contributed by atoms with Crippen molar-refractivity contribution in [3.8, 4) is 0 Å². The van der Waals surface area contributed by atoms with Gasteiger partial charge in [0.25, 0.3) is 0 Å². The zero-order chi connectivity index (χ0) is 12.8. The first-order valence-electron chi connectivity index (χ1n) is 5.88. The van der Waals surface area contributed by atoms with Crippen LogP contribution in [-0.2, 0) is 6.54 Å². The topological polar surface area (TPSA) is 41.6 Å². The molecule has 2 N–H and O–H groups in total. The molecule has 94 valence electrons. The average molecular weight is 254 g/mol. The van der Waals surface area contributed by atoms with Gasteiger partial charge in [0.05, 0.1) is 6.54 Å². The van der Waals surface area contributed by atoms with Gasteiger partial charge < -0.3 is 10.6 Å². The Labute approximate surface area is 108 Å². The van der Waals surface area contributed by atoms with Crippen LogP contribution >= 0.6 is 11.6 Å². The number of benzene rings is 1. The Bertz CT molecular complexity index is 398. The van der Waals surface area contributed by atoms with Crippen molar-refractivity contribution in [2.75, 3.05) is 13.1 Å². The predicted molar refractivity (Wildman–Crippen MR) is 74.4 cm³/mol. The maximum Gasteiger partial charge on any atom is 0.191 e. The van der Waals surface area contributed by atoms with E-state index in [2.05, 4.69) is 18.8 Å². The van der Waals surface area contributed by atoms with E-state index in [-0.39, 0.29) is 0 Å². The molecule has 0 saturated carbocycles. The fourth-order valence-corrected chi connectivity index (χ4v) is 1.74. The van der Waals surface area contributed by atoms with Crippen molar-refractivity contribution in [1.29, 1.82) is 0 Å². The van der Waals surface area contributed by atoms with Gasteiger partial charge in [0, 0.05) is 18.1 Å². The maximum absolute atomic E-state index is 5.97. The van der Waals surface area contributed by atoms with Crippen LogP contribution in [0.2, 0.25) is 5.02 Å². The van der Waals surface area contributed by atoms with E-state index in [4.69, 9.17) is 17.3 Å². The molecule has 0 fully saturated rings. The first kappa shape index (κ1) is 13.8. The monoisotopic (exact) mass is 253 g/mol. The van der Waals surface area contributed by atoms with Crippen LogP contribution in [-0.4, -0.2) is 23.9 Å². The van der Waals surface area contributed by atoms with E-state index < -0.39 is 0 Å². The van der Waals surface area contributed by atoms with Gasteiger partial charge in [-0.1, -0.05) is 23.7 Å². The van der Waals surface area contributed by atoms with Crippen LogP contribution in [0.1, 0.15) is 25.0 Å².